The second kappa shape index (κ2) is 4.31. The summed E-state index contributed by atoms with van der Waals surface area (Å²) in [6, 6.07) is 15.0. The van der Waals surface area contributed by atoms with E-state index >= 15 is 0 Å². The number of hydrogen-bond donors (Lipinski definition) is 0. The maximum absolute atomic E-state index is 2.28. The van der Waals surface area contributed by atoms with Crippen LogP contribution in [0.25, 0.3) is 16.8 Å². The van der Waals surface area contributed by atoms with Crippen LogP contribution in [-0.2, 0) is 0 Å². The van der Waals surface area contributed by atoms with Crippen LogP contribution in [-0.4, -0.2) is 0 Å². The normalized spacial score (nSPS) is 12.0. The standard InChI is InChI=1S/C15H16/c1-3-12(2)11-14-9-6-8-13-7-4-5-10-15(13)14/h4-11H,3H2,1-2H3. The number of rotatable bonds is 2. The van der Waals surface area contributed by atoms with Crippen LogP contribution in [0.15, 0.2) is 48.0 Å². The highest BCUT2D eigenvalue weighted by Gasteiger charge is 1.96. The van der Waals surface area contributed by atoms with Gasteiger partial charge in [0.05, 0.1) is 0 Å². The molecule has 0 aliphatic carbocycles. The van der Waals surface area contributed by atoms with Crippen LogP contribution >= 0.6 is 0 Å². The van der Waals surface area contributed by atoms with E-state index in [2.05, 4.69) is 62.4 Å². The van der Waals surface area contributed by atoms with Crippen LogP contribution in [0.3, 0.4) is 0 Å². The molecule has 0 radical (unpaired) electrons. The predicted octanol–water partition coefficient (Wildman–Crippen LogP) is 4.65. The molecule has 0 amide bonds. The molecule has 15 heavy (non-hydrogen) atoms. The first-order chi connectivity index (χ1) is 7.31. The Kier molecular flexibility index (Phi) is 2.86. The van der Waals surface area contributed by atoms with Gasteiger partial charge in [0, 0.05) is 0 Å². The number of allylic oxidation sites excluding steroid dienone is 1. The predicted molar refractivity (Wildman–Crippen MR) is 67.9 cm³/mol. The van der Waals surface area contributed by atoms with Crippen molar-refractivity contribution in [3.05, 3.63) is 53.6 Å². The van der Waals surface area contributed by atoms with E-state index in [1.54, 1.807) is 0 Å². The Bertz CT molecular complexity index is 487. The lowest BCUT2D eigenvalue weighted by Crippen LogP contribution is -1.79. The average molecular weight is 196 g/mol. The summed E-state index contributed by atoms with van der Waals surface area (Å²) in [5.74, 6) is 0. The van der Waals surface area contributed by atoms with Gasteiger partial charge in [-0.15, -0.1) is 0 Å². The summed E-state index contributed by atoms with van der Waals surface area (Å²) in [7, 11) is 0. The Labute approximate surface area is 91.2 Å². The minimum Gasteiger partial charge on any atom is -0.0730 e. The Morgan fingerprint density at radius 1 is 1.07 bits per heavy atom. The van der Waals surface area contributed by atoms with Crippen LogP contribution in [0.1, 0.15) is 25.8 Å². The summed E-state index contributed by atoms with van der Waals surface area (Å²) in [4.78, 5) is 0. The second-order valence-corrected chi connectivity index (χ2v) is 3.91. The first kappa shape index (κ1) is 9.97. The molecule has 0 saturated heterocycles. The third-order valence-corrected chi connectivity index (χ3v) is 2.78. The molecule has 0 unspecified atom stereocenters. The van der Waals surface area contributed by atoms with Gasteiger partial charge in [0.2, 0.25) is 0 Å². The van der Waals surface area contributed by atoms with E-state index in [0.717, 1.165) is 6.42 Å². The van der Waals surface area contributed by atoms with Crippen molar-refractivity contribution in [2.45, 2.75) is 20.3 Å². The summed E-state index contributed by atoms with van der Waals surface area (Å²) in [5.41, 5.74) is 2.75. The number of benzene rings is 2. The lowest BCUT2D eigenvalue weighted by molar-refractivity contribution is 1.11. The lowest BCUT2D eigenvalue weighted by Gasteiger charge is -2.03. The van der Waals surface area contributed by atoms with E-state index in [0.29, 0.717) is 0 Å². The van der Waals surface area contributed by atoms with Crippen LogP contribution < -0.4 is 0 Å². The van der Waals surface area contributed by atoms with E-state index in [-0.39, 0.29) is 0 Å². The van der Waals surface area contributed by atoms with Crippen molar-refractivity contribution in [2.24, 2.45) is 0 Å². The molecule has 2 aromatic carbocycles. The molecule has 0 nitrogen and oxygen atoms in total. The topological polar surface area (TPSA) is 0 Å². The largest absolute Gasteiger partial charge is 0.0730 e. The van der Waals surface area contributed by atoms with Crippen LogP contribution in [0.2, 0.25) is 0 Å². The Hall–Kier alpha value is -1.56. The molecule has 0 aliphatic rings. The van der Waals surface area contributed by atoms with Crippen LogP contribution in [0.5, 0.6) is 0 Å². The van der Waals surface area contributed by atoms with E-state index in [4.69, 9.17) is 0 Å². The van der Waals surface area contributed by atoms with E-state index in [1.165, 1.54) is 21.9 Å². The minimum atomic E-state index is 1.11. The summed E-state index contributed by atoms with van der Waals surface area (Å²) in [5, 5.41) is 2.66. The average Bonchev–Trinajstić information content (AvgIpc) is 2.29. The summed E-state index contributed by atoms with van der Waals surface area (Å²) >= 11 is 0. The Morgan fingerprint density at radius 3 is 2.60 bits per heavy atom. The highest BCUT2D eigenvalue weighted by Crippen LogP contribution is 2.21. The Balaban J connectivity index is 2.61. The van der Waals surface area contributed by atoms with Gasteiger partial charge in [-0.2, -0.15) is 0 Å². The Morgan fingerprint density at radius 2 is 1.80 bits per heavy atom. The maximum atomic E-state index is 2.28. The molecule has 0 spiro atoms. The second-order valence-electron chi connectivity index (χ2n) is 3.91. The smallest absolute Gasteiger partial charge is 0.0111 e. The number of fused-ring (bicyclic) bond motifs is 1. The molecule has 0 heteroatoms. The van der Waals surface area contributed by atoms with Crippen molar-refractivity contribution >= 4 is 16.8 Å². The lowest BCUT2D eigenvalue weighted by atomic mass is 10.0. The zero-order valence-corrected chi connectivity index (χ0v) is 9.33. The molecule has 0 N–H and O–H groups in total. The molecule has 2 rings (SSSR count). The van der Waals surface area contributed by atoms with Gasteiger partial charge in [0.15, 0.2) is 0 Å². The molecular weight excluding hydrogens is 180 g/mol. The fourth-order valence-corrected chi connectivity index (χ4v) is 1.74. The first-order valence-electron chi connectivity index (χ1n) is 5.46. The van der Waals surface area contributed by atoms with Gasteiger partial charge in [-0.1, -0.05) is 61.0 Å². The van der Waals surface area contributed by atoms with Crippen molar-refractivity contribution in [3.63, 3.8) is 0 Å². The van der Waals surface area contributed by atoms with Crippen molar-refractivity contribution in [3.8, 4) is 0 Å². The highest BCUT2D eigenvalue weighted by atomic mass is 14.0. The van der Waals surface area contributed by atoms with Gasteiger partial charge in [-0.25, -0.2) is 0 Å². The van der Waals surface area contributed by atoms with Crippen molar-refractivity contribution in [1.29, 1.82) is 0 Å². The molecule has 0 fully saturated rings. The molecular formula is C15H16. The molecule has 0 bridgehead atoms. The minimum absolute atomic E-state index is 1.11. The molecule has 0 aromatic heterocycles. The van der Waals surface area contributed by atoms with E-state index in [1.807, 2.05) is 0 Å². The van der Waals surface area contributed by atoms with Crippen LogP contribution in [0, 0.1) is 0 Å². The van der Waals surface area contributed by atoms with Crippen molar-refractivity contribution in [1.82, 2.24) is 0 Å². The van der Waals surface area contributed by atoms with Gasteiger partial charge in [-0.05, 0) is 29.7 Å². The van der Waals surface area contributed by atoms with Crippen molar-refractivity contribution in [2.75, 3.05) is 0 Å². The fourth-order valence-electron chi connectivity index (χ4n) is 1.74. The van der Waals surface area contributed by atoms with E-state index < -0.39 is 0 Å². The zero-order valence-electron chi connectivity index (χ0n) is 9.33. The van der Waals surface area contributed by atoms with Gasteiger partial charge >= 0.3 is 0 Å². The first-order valence-corrected chi connectivity index (χ1v) is 5.46. The van der Waals surface area contributed by atoms with Gasteiger partial charge in [-0.3, -0.25) is 0 Å². The van der Waals surface area contributed by atoms with E-state index in [9.17, 15) is 0 Å². The third kappa shape index (κ3) is 2.10. The summed E-state index contributed by atoms with van der Waals surface area (Å²) < 4.78 is 0. The van der Waals surface area contributed by atoms with Crippen LogP contribution in [0.4, 0.5) is 0 Å². The molecule has 0 heterocycles. The van der Waals surface area contributed by atoms with Gasteiger partial charge in [0.25, 0.3) is 0 Å². The zero-order chi connectivity index (χ0) is 10.7. The maximum Gasteiger partial charge on any atom is -0.0111 e. The molecule has 0 saturated carbocycles. The SMILES string of the molecule is CCC(C)=Cc1cccc2ccccc12. The van der Waals surface area contributed by atoms with Gasteiger partial charge < -0.3 is 0 Å². The molecule has 0 aliphatic heterocycles. The third-order valence-electron chi connectivity index (χ3n) is 2.78. The summed E-state index contributed by atoms with van der Waals surface area (Å²) in [6.45, 7) is 4.37. The molecule has 0 atom stereocenters. The molecule has 76 valence electrons. The summed E-state index contributed by atoms with van der Waals surface area (Å²) in [6.07, 6.45) is 3.39. The highest BCUT2D eigenvalue weighted by molar-refractivity contribution is 5.90. The fraction of sp³-hybridized carbons (Fsp3) is 0.200. The van der Waals surface area contributed by atoms with Crippen molar-refractivity contribution < 1.29 is 0 Å². The van der Waals surface area contributed by atoms with Gasteiger partial charge in [0.1, 0.15) is 0 Å². The quantitative estimate of drug-likeness (QED) is 0.655. The molecule has 2 aromatic rings. The monoisotopic (exact) mass is 196 g/mol. The number of hydrogen-bond acceptors (Lipinski definition) is 0.